The minimum absolute atomic E-state index is 0.0464. The Morgan fingerprint density at radius 3 is 2.76 bits per heavy atom. The number of carbonyl (C=O) groups is 2. The van der Waals surface area contributed by atoms with Gasteiger partial charge in [-0.05, 0) is 49.2 Å². The summed E-state index contributed by atoms with van der Waals surface area (Å²) >= 11 is 5.84. The summed E-state index contributed by atoms with van der Waals surface area (Å²) in [5, 5.41) is 18.5. The van der Waals surface area contributed by atoms with Gasteiger partial charge in [0.25, 0.3) is 0 Å². The van der Waals surface area contributed by atoms with E-state index in [9.17, 15) is 23.6 Å². The fourth-order valence-corrected chi connectivity index (χ4v) is 5.08. The number of amides is 2. The zero-order valence-corrected chi connectivity index (χ0v) is 22.9. The van der Waals surface area contributed by atoms with Crippen LogP contribution in [0.4, 0.5) is 25.0 Å². The molecule has 12 heteroatoms. The van der Waals surface area contributed by atoms with Gasteiger partial charge in [0, 0.05) is 23.2 Å². The van der Waals surface area contributed by atoms with Crippen LogP contribution in [-0.2, 0) is 9.53 Å². The summed E-state index contributed by atoms with van der Waals surface area (Å²) < 4.78 is 34.3. The van der Waals surface area contributed by atoms with E-state index in [1.807, 2.05) is 6.92 Å². The number of pyridine rings is 1. The molecule has 3 N–H and O–H groups in total. The zero-order valence-electron chi connectivity index (χ0n) is 22.1. The van der Waals surface area contributed by atoms with Gasteiger partial charge in [-0.15, -0.1) is 0 Å². The first kappa shape index (κ1) is 28.0. The van der Waals surface area contributed by atoms with Crippen LogP contribution < -0.4 is 15.4 Å². The molecule has 9 nitrogen and oxygen atoms in total. The van der Waals surface area contributed by atoms with Crippen molar-refractivity contribution < 1.29 is 27.8 Å². The number of hydrogen-bond acceptors (Lipinski definition) is 5. The van der Waals surface area contributed by atoms with Gasteiger partial charge in [-0.2, -0.15) is 4.73 Å². The molecular weight excluding hydrogens is 556 g/mol. The van der Waals surface area contributed by atoms with Crippen LogP contribution in [0, 0.1) is 22.8 Å². The molecule has 0 spiro atoms. The molecule has 4 aromatic rings. The van der Waals surface area contributed by atoms with Crippen molar-refractivity contribution >= 4 is 35.0 Å². The number of halogens is 3. The Hall–Kier alpha value is -4.51. The number of benzene rings is 2. The first-order valence-corrected chi connectivity index (χ1v) is 13.3. The quantitative estimate of drug-likeness (QED) is 0.147. The van der Waals surface area contributed by atoms with Crippen LogP contribution in [0.15, 0.2) is 54.9 Å². The van der Waals surface area contributed by atoms with Crippen molar-refractivity contribution in [2.45, 2.75) is 32.1 Å². The fraction of sp³-hybridized carbons (Fsp3) is 0.241. The Morgan fingerprint density at radius 1 is 1.20 bits per heavy atom. The maximum absolute atomic E-state index is 14.6. The summed E-state index contributed by atoms with van der Waals surface area (Å²) in [5.41, 5.74) is 2.07. The lowest BCUT2D eigenvalue weighted by Gasteiger charge is -2.19. The molecule has 0 fully saturated rings. The minimum Gasteiger partial charge on any atom is -0.618 e. The van der Waals surface area contributed by atoms with E-state index in [1.54, 1.807) is 24.4 Å². The van der Waals surface area contributed by atoms with Crippen LogP contribution in [0.25, 0.3) is 22.4 Å². The molecule has 2 atom stereocenters. The molecule has 3 heterocycles. The standard InChI is InChI=1S/C29H26ClF2N5O4/c1-15-4-3-5-19(24-11-6-16(14-37(24)40)25-21(31)10-9-20(30)26(25)32)27-33-13-23(35-27)18-8-7-17(34-29(39)41-2)12-22(18)36-28(15)38/h6-15,19H,3-5H2,1-2H3,(H,33,35)(H,34,39)(H,36,38). The molecule has 2 unspecified atom stereocenters. The number of nitrogens with one attached hydrogen (secondary N) is 3. The monoisotopic (exact) mass is 581 g/mol. The first-order chi connectivity index (χ1) is 19.7. The maximum atomic E-state index is 14.6. The normalized spacial score (nSPS) is 17.0. The van der Waals surface area contributed by atoms with Gasteiger partial charge in [-0.3, -0.25) is 10.1 Å². The molecule has 2 amide bonds. The average Bonchev–Trinajstić information content (AvgIpc) is 3.43. The Kier molecular flexibility index (Phi) is 7.89. The number of ether oxygens (including phenoxy) is 1. The highest BCUT2D eigenvalue weighted by Crippen LogP contribution is 2.35. The number of hydrogen-bond donors (Lipinski definition) is 3. The van der Waals surface area contributed by atoms with E-state index in [1.165, 1.54) is 19.2 Å². The molecule has 5 rings (SSSR count). The van der Waals surface area contributed by atoms with Crippen LogP contribution in [-0.4, -0.2) is 29.1 Å². The van der Waals surface area contributed by atoms with Crippen LogP contribution in [0.2, 0.25) is 5.02 Å². The molecule has 41 heavy (non-hydrogen) atoms. The van der Waals surface area contributed by atoms with E-state index >= 15 is 0 Å². The lowest BCUT2D eigenvalue weighted by atomic mass is 9.92. The lowest BCUT2D eigenvalue weighted by molar-refractivity contribution is -0.614. The van der Waals surface area contributed by atoms with Crippen molar-refractivity contribution in [3.05, 3.63) is 88.2 Å². The Labute approximate surface area is 239 Å². The van der Waals surface area contributed by atoms with E-state index in [0.29, 0.717) is 58.1 Å². The molecule has 0 saturated carbocycles. The number of anilines is 2. The predicted molar refractivity (Wildman–Crippen MR) is 149 cm³/mol. The number of aromatic nitrogens is 3. The SMILES string of the molecule is COC(=O)Nc1ccc2c(c1)NC(=O)C(C)CCCC(c1ccc(-c3c(F)ccc(Cl)c3F)c[n+]1[O-])c1ncc-2[nH]1. The van der Waals surface area contributed by atoms with Gasteiger partial charge in [0.2, 0.25) is 11.6 Å². The fourth-order valence-electron chi connectivity index (χ4n) is 4.92. The molecule has 0 aliphatic carbocycles. The van der Waals surface area contributed by atoms with Crippen LogP contribution in [0.5, 0.6) is 0 Å². The second-order valence-electron chi connectivity index (χ2n) is 9.82. The van der Waals surface area contributed by atoms with Crippen molar-refractivity contribution in [3.8, 4) is 22.4 Å². The van der Waals surface area contributed by atoms with Crippen molar-refractivity contribution in [1.82, 2.24) is 9.97 Å². The number of imidazole rings is 1. The second kappa shape index (κ2) is 11.5. The molecule has 2 aromatic carbocycles. The second-order valence-corrected chi connectivity index (χ2v) is 10.2. The van der Waals surface area contributed by atoms with Crippen molar-refractivity contribution in [2.75, 3.05) is 17.7 Å². The molecule has 1 aliphatic rings. The number of rotatable bonds is 3. The summed E-state index contributed by atoms with van der Waals surface area (Å²) in [5.74, 6) is -2.32. The van der Waals surface area contributed by atoms with Crippen molar-refractivity contribution in [1.29, 1.82) is 0 Å². The van der Waals surface area contributed by atoms with Gasteiger partial charge in [0.1, 0.15) is 17.6 Å². The first-order valence-electron chi connectivity index (χ1n) is 12.9. The van der Waals surface area contributed by atoms with Crippen LogP contribution >= 0.6 is 11.6 Å². The van der Waals surface area contributed by atoms with Crippen LogP contribution in [0.3, 0.4) is 0 Å². The Balaban J connectivity index is 1.55. The van der Waals surface area contributed by atoms with Crippen LogP contribution in [0.1, 0.15) is 43.6 Å². The number of aromatic amines is 1. The molecule has 0 radical (unpaired) electrons. The number of methoxy groups -OCH3 is 1. The summed E-state index contributed by atoms with van der Waals surface area (Å²) in [4.78, 5) is 32.6. The van der Waals surface area contributed by atoms with Crippen molar-refractivity contribution in [3.63, 3.8) is 0 Å². The largest absolute Gasteiger partial charge is 0.618 e. The van der Waals surface area contributed by atoms with E-state index in [4.69, 9.17) is 11.6 Å². The minimum atomic E-state index is -0.947. The van der Waals surface area contributed by atoms with E-state index in [2.05, 4.69) is 25.3 Å². The molecule has 2 bridgehead atoms. The van der Waals surface area contributed by atoms with E-state index in [0.717, 1.165) is 18.3 Å². The smallest absolute Gasteiger partial charge is 0.411 e. The van der Waals surface area contributed by atoms with Gasteiger partial charge >= 0.3 is 6.09 Å². The molecule has 1 aliphatic heterocycles. The summed E-state index contributed by atoms with van der Waals surface area (Å²) in [6, 6.07) is 10.2. The average molecular weight is 582 g/mol. The maximum Gasteiger partial charge on any atom is 0.411 e. The number of H-pyrrole nitrogens is 1. The van der Waals surface area contributed by atoms with Gasteiger partial charge in [-0.1, -0.05) is 24.9 Å². The topological polar surface area (TPSA) is 123 Å². The summed E-state index contributed by atoms with van der Waals surface area (Å²) in [6.07, 6.45) is 3.67. The Bertz CT molecular complexity index is 1640. The van der Waals surface area contributed by atoms with Gasteiger partial charge in [-0.25, -0.2) is 18.6 Å². The summed E-state index contributed by atoms with van der Waals surface area (Å²) in [6.45, 7) is 1.81. The third-order valence-corrected chi connectivity index (χ3v) is 7.43. The number of carbonyl (C=O) groups excluding carboxylic acids is 2. The highest BCUT2D eigenvalue weighted by Gasteiger charge is 2.28. The third kappa shape index (κ3) is 5.71. The van der Waals surface area contributed by atoms with E-state index in [-0.39, 0.29) is 28.0 Å². The third-order valence-electron chi connectivity index (χ3n) is 7.14. The predicted octanol–water partition coefficient (Wildman–Crippen LogP) is 6.38. The highest BCUT2D eigenvalue weighted by molar-refractivity contribution is 6.31. The zero-order chi connectivity index (χ0) is 29.3. The molecule has 0 saturated heterocycles. The molecule has 212 valence electrons. The van der Waals surface area contributed by atoms with E-state index < -0.39 is 23.6 Å². The molecule has 2 aromatic heterocycles. The lowest BCUT2D eigenvalue weighted by Crippen LogP contribution is -2.34. The number of nitrogens with zero attached hydrogens (tertiary/aromatic N) is 2. The number of fused-ring (bicyclic) bond motifs is 4. The summed E-state index contributed by atoms with van der Waals surface area (Å²) in [7, 11) is 1.25. The van der Waals surface area contributed by atoms with Gasteiger partial charge in [0.05, 0.1) is 40.8 Å². The van der Waals surface area contributed by atoms with Gasteiger partial charge < -0.3 is 20.2 Å². The highest BCUT2D eigenvalue weighted by atomic mass is 35.5. The van der Waals surface area contributed by atoms with Gasteiger partial charge in [0.15, 0.2) is 12.0 Å². The molecular formula is C29H26ClF2N5O4. The van der Waals surface area contributed by atoms with Crippen molar-refractivity contribution in [2.24, 2.45) is 5.92 Å². The Morgan fingerprint density at radius 2 is 2.00 bits per heavy atom.